The summed E-state index contributed by atoms with van der Waals surface area (Å²) in [6, 6.07) is 13.0. The highest BCUT2D eigenvalue weighted by Crippen LogP contribution is 2.56. The highest BCUT2D eigenvalue weighted by Gasteiger charge is 2.36. The van der Waals surface area contributed by atoms with Crippen LogP contribution in [0.15, 0.2) is 36.4 Å². The first-order chi connectivity index (χ1) is 11.0. The predicted molar refractivity (Wildman–Crippen MR) is 102 cm³/mol. The first-order valence-corrected chi connectivity index (χ1v) is 11.5. The quantitative estimate of drug-likeness (QED) is 0.699. The average molecular weight is 344 g/mol. The topological polar surface area (TPSA) is 18.5 Å². The van der Waals surface area contributed by atoms with Gasteiger partial charge in [0.1, 0.15) is 24.2 Å². The third-order valence-electron chi connectivity index (χ3n) is 4.51. The standard InChI is InChI=1S/C19H22O2P2/c1-19(2,3)23-12-21-16-10-6-8-14(18(16)23)13-7-5-9-15-17(13)22(4)11-20-15/h5-10H,11-12H2,1-4H3/t22-,23-/m1/s1. The average Bonchev–Trinajstić information content (AvgIpc) is 3.10. The molecule has 0 N–H and O–H groups in total. The van der Waals surface area contributed by atoms with Crippen molar-refractivity contribution in [1.29, 1.82) is 0 Å². The Kier molecular flexibility index (Phi) is 3.67. The maximum absolute atomic E-state index is 6.05. The first-order valence-electron chi connectivity index (χ1n) is 7.97. The molecule has 2 aromatic carbocycles. The zero-order chi connectivity index (χ0) is 16.2. The number of rotatable bonds is 1. The van der Waals surface area contributed by atoms with Crippen molar-refractivity contribution < 1.29 is 9.47 Å². The number of benzene rings is 2. The number of ether oxygens (including phenoxy) is 2. The molecule has 23 heavy (non-hydrogen) atoms. The second-order valence-corrected chi connectivity index (χ2v) is 12.2. The molecule has 2 heterocycles. The van der Waals surface area contributed by atoms with Crippen molar-refractivity contribution in [3.8, 4) is 22.6 Å². The van der Waals surface area contributed by atoms with Gasteiger partial charge in [0.25, 0.3) is 0 Å². The van der Waals surface area contributed by atoms with E-state index in [4.69, 9.17) is 9.47 Å². The van der Waals surface area contributed by atoms with Gasteiger partial charge in [-0.25, -0.2) is 0 Å². The van der Waals surface area contributed by atoms with Crippen LogP contribution in [0.1, 0.15) is 20.8 Å². The van der Waals surface area contributed by atoms with Gasteiger partial charge in [0.2, 0.25) is 0 Å². The molecule has 120 valence electrons. The summed E-state index contributed by atoms with van der Waals surface area (Å²) >= 11 is 0. The van der Waals surface area contributed by atoms with Gasteiger partial charge in [-0.05, 0) is 50.9 Å². The summed E-state index contributed by atoms with van der Waals surface area (Å²) in [5, 5.41) is 3.12. The first kappa shape index (κ1) is 15.4. The Hall–Kier alpha value is -1.10. The molecule has 4 heteroatoms. The van der Waals surface area contributed by atoms with Gasteiger partial charge in [-0.3, -0.25) is 0 Å². The van der Waals surface area contributed by atoms with Crippen LogP contribution in [0.3, 0.4) is 0 Å². The number of hydrogen-bond acceptors (Lipinski definition) is 2. The van der Waals surface area contributed by atoms with Crippen LogP contribution in [-0.4, -0.2) is 24.5 Å². The van der Waals surface area contributed by atoms with Crippen molar-refractivity contribution in [3.63, 3.8) is 0 Å². The van der Waals surface area contributed by atoms with Gasteiger partial charge < -0.3 is 9.47 Å². The summed E-state index contributed by atoms with van der Waals surface area (Å²) in [6.45, 7) is 9.31. The maximum atomic E-state index is 6.05. The van der Waals surface area contributed by atoms with Gasteiger partial charge in [0.05, 0.1) is 0 Å². The Morgan fingerprint density at radius 3 is 2.04 bits per heavy atom. The molecule has 2 aliphatic heterocycles. The zero-order valence-electron chi connectivity index (χ0n) is 14.1. The van der Waals surface area contributed by atoms with E-state index in [0.717, 1.165) is 24.2 Å². The zero-order valence-corrected chi connectivity index (χ0v) is 15.9. The summed E-state index contributed by atoms with van der Waals surface area (Å²) in [5.41, 5.74) is 2.71. The van der Waals surface area contributed by atoms with Gasteiger partial charge in [-0.15, -0.1) is 0 Å². The molecule has 0 aliphatic carbocycles. The molecule has 0 saturated carbocycles. The summed E-state index contributed by atoms with van der Waals surface area (Å²) in [4.78, 5) is 0. The largest absolute Gasteiger partial charge is 0.488 e. The van der Waals surface area contributed by atoms with Crippen LogP contribution < -0.4 is 20.1 Å². The Morgan fingerprint density at radius 2 is 1.39 bits per heavy atom. The monoisotopic (exact) mass is 344 g/mol. The predicted octanol–water partition coefficient (Wildman–Crippen LogP) is 4.70. The Morgan fingerprint density at radius 1 is 0.826 bits per heavy atom. The van der Waals surface area contributed by atoms with E-state index >= 15 is 0 Å². The molecule has 2 atom stereocenters. The highest BCUT2D eigenvalue weighted by atomic mass is 31.1. The fourth-order valence-corrected chi connectivity index (χ4v) is 7.27. The molecule has 0 aromatic heterocycles. The normalized spacial score (nSPS) is 22.3. The molecule has 0 radical (unpaired) electrons. The van der Waals surface area contributed by atoms with Crippen LogP contribution in [-0.2, 0) is 0 Å². The summed E-state index contributed by atoms with van der Waals surface area (Å²) < 4.78 is 11.9. The lowest BCUT2D eigenvalue weighted by Gasteiger charge is -2.28. The minimum Gasteiger partial charge on any atom is -0.488 e. The molecular weight excluding hydrogens is 322 g/mol. The highest BCUT2D eigenvalue weighted by molar-refractivity contribution is 7.68. The lowest BCUT2D eigenvalue weighted by atomic mass is 10.0. The Labute approximate surface area is 140 Å². The van der Waals surface area contributed by atoms with Crippen molar-refractivity contribution in [2.75, 3.05) is 19.4 Å². The van der Waals surface area contributed by atoms with Gasteiger partial charge in [0, 0.05) is 10.6 Å². The molecule has 0 saturated heterocycles. The van der Waals surface area contributed by atoms with Gasteiger partial charge in [-0.2, -0.15) is 0 Å². The maximum Gasteiger partial charge on any atom is 0.128 e. The molecule has 2 aliphatic rings. The molecule has 0 amide bonds. The van der Waals surface area contributed by atoms with Crippen LogP contribution in [0.2, 0.25) is 0 Å². The minimum atomic E-state index is -0.323. The number of fused-ring (bicyclic) bond motifs is 2. The molecule has 0 bridgehead atoms. The van der Waals surface area contributed by atoms with E-state index in [9.17, 15) is 0 Å². The van der Waals surface area contributed by atoms with Gasteiger partial charge in [-0.1, -0.05) is 45.0 Å². The van der Waals surface area contributed by atoms with Crippen LogP contribution in [0, 0.1) is 0 Å². The van der Waals surface area contributed by atoms with Crippen molar-refractivity contribution in [2.45, 2.75) is 25.9 Å². The molecule has 2 aromatic rings. The molecule has 0 fully saturated rings. The molecule has 0 spiro atoms. The van der Waals surface area contributed by atoms with Crippen LogP contribution in [0.25, 0.3) is 11.1 Å². The van der Waals surface area contributed by atoms with E-state index in [2.05, 4.69) is 63.8 Å². The van der Waals surface area contributed by atoms with E-state index < -0.39 is 0 Å². The second kappa shape index (κ2) is 5.47. The Bertz CT molecular complexity index is 764. The third kappa shape index (κ3) is 2.48. The Balaban J connectivity index is 1.94. The molecule has 4 rings (SSSR count). The van der Waals surface area contributed by atoms with E-state index in [1.165, 1.54) is 21.7 Å². The lowest BCUT2D eigenvalue weighted by molar-refractivity contribution is 0.400. The van der Waals surface area contributed by atoms with Crippen molar-refractivity contribution in [2.24, 2.45) is 0 Å². The smallest absolute Gasteiger partial charge is 0.128 e. The molecule has 0 unspecified atom stereocenters. The van der Waals surface area contributed by atoms with Crippen LogP contribution in [0.4, 0.5) is 0 Å². The SMILES string of the molecule is C[P@]1COc2cccc(-c3cccc4c3[P@](C(C)(C)C)CO4)c21. The molecule has 2 nitrogen and oxygen atoms in total. The van der Waals surface area contributed by atoms with E-state index in [0.29, 0.717) is 0 Å². The van der Waals surface area contributed by atoms with Crippen molar-refractivity contribution in [3.05, 3.63) is 36.4 Å². The summed E-state index contributed by atoms with van der Waals surface area (Å²) in [6.07, 6.45) is 1.69. The summed E-state index contributed by atoms with van der Waals surface area (Å²) in [7, 11) is -0.553. The van der Waals surface area contributed by atoms with Gasteiger partial charge in [0.15, 0.2) is 0 Å². The third-order valence-corrected chi connectivity index (χ3v) is 9.26. The van der Waals surface area contributed by atoms with Gasteiger partial charge >= 0.3 is 0 Å². The van der Waals surface area contributed by atoms with Crippen LogP contribution >= 0.6 is 15.8 Å². The van der Waals surface area contributed by atoms with Crippen molar-refractivity contribution >= 4 is 26.5 Å². The molecular formula is C19H22O2P2. The number of hydrogen-bond donors (Lipinski definition) is 0. The second-order valence-electron chi connectivity index (χ2n) is 7.15. The van der Waals surface area contributed by atoms with Crippen LogP contribution in [0.5, 0.6) is 11.5 Å². The van der Waals surface area contributed by atoms with E-state index in [1.54, 1.807) is 0 Å². The van der Waals surface area contributed by atoms with E-state index in [1.807, 2.05) is 0 Å². The van der Waals surface area contributed by atoms with E-state index in [-0.39, 0.29) is 21.0 Å². The fraction of sp³-hybridized carbons (Fsp3) is 0.368. The van der Waals surface area contributed by atoms with Crippen molar-refractivity contribution in [1.82, 2.24) is 0 Å². The lowest BCUT2D eigenvalue weighted by Crippen LogP contribution is -2.20. The fourth-order valence-electron chi connectivity index (χ4n) is 3.34. The minimum absolute atomic E-state index is 0.230. The summed E-state index contributed by atoms with van der Waals surface area (Å²) in [5.74, 6) is 2.16.